The normalized spacial score (nSPS) is 30.0. The van der Waals surface area contributed by atoms with E-state index >= 15 is 0 Å². The van der Waals surface area contributed by atoms with Crippen LogP contribution in [0.1, 0.15) is 78.1 Å². The molecular weight excluding hydrogens is 232 g/mol. The maximum Gasteiger partial charge on any atom is 0.0252 e. The molecular formula is C17H34N2. The summed E-state index contributed by atoms with van der Waals surface area (Å²) in [7, 11) is 0. The second kappa shape index (κ2) is 8.26. The van der Waals surface area contributed by atoms with E-state index in [0.717, 1.165) is 18.1 Å². The van der Waals surface area contributed by atoms with Crippen LogP contribution in [-0.2, 0) is 0 Å². The van der Waals surface area contributed by atoms with E-state index in [1.165, 1.54) is 77.3 Å². The van der Waals surface area contributed by atoms with Crippen LogP contribution in [0, 0.1) is 0 Å². The van der Waals surface area contributed by atoms with Crippen molar-refractivity contribution in [2.75, 3.05) is 13.1 Å². The fourth-order valence-electron chi connectivity index (χ4n) is 4.04. The van der Waals surface area contributed by atoms with Crippen molar-refractivity contribution in [3.63, 3.8) is 0 Å². The van der Waals surface area contributed by atoms with Gasteiger partial charge >= 0.3 is 0 Å². The molecule has 0 aromatic carbocycles. The molecule has 2 heteroatoms. The third-order valence-corrected chi connectivity index (χ3v) is 5.20. The van der Waals surface area contributed by atoms with E-state index in [1.807, 2.05) is 0 Å². The monoisotopic (exact) mass is 266 g/mol. The highest BCUT2D eigenvalue weighted by Gasteiger charge is 2.35. The smallest absolute Gasteiger partial charge is 0.0252 e. The number of hydrogen-bond acceptors (Lipinski definition) is 2. The van der Waals surface area contributed by atoms with Crippen LogP contribution in [0.3, 0.4) is 0 Å². The van der Waals surface area contributed by atoms with Crippen molar-refractivity contribution in [3.8, 4) is 0 Å². The molecule has 2 fully saturated rings. The van der Waals surface area contributed by atoms with Crippen LogP contribution in [0.2, 0.25) is 0 Å². The summed E-state index contributed by atoms with van der Waals surface area (Å²) in [5.41, 5.74) is 0. The van der Waals surface area contributed by atoms with Gasteiger partial charge in [-0.3, -0.25) is 4.90 Å². The maximum atomic E-state index is 3.73. The molecule has 2 aliphatic heterocycles. The van der Waals surface area contributed by atoms with Gasteiger partial charge in [-0.25, -0.2) is 0 Å². The molecule has 0 bridgehead atoms. The van der Waals surface area contributed by atoms with Crippen LogP contribution < -0.4 is 5.32 Å². The zero-order valence-electron chi connectivity index (χ0n) is 13.2. The summed E-state index contributed by atoms with van der Waals surface area (Å²) in [6.07, 6.45) is 14.2. The number of nitrogens with zero attached hydrogens (tertiary/aromatic N) is 1. The van der Waals surface area contributed by atoms with Crippen LogP contribution in [0.4, 0.5) is 0 Å². The highest BCUT2D eigenvalue weighted by molar-refractivity contribution is 4.93. The lowest BCUT2D eigenvalue weighted by molar-refractivity contribution is 0.153. The molecule has 0 radical (unpaired) electrons. The van der Waals surface area contributed by atoms with Crippen molar-refractivity contribution in [2.45, 2.75) is 96.2 Å². The first-order valence-electron chi connectivity index (χ1n) is 8.82. The van der Waals surface area contributed by atoms with Crippen molar-refractivity contribution in [1.82, 2.24) is 10.2 Å². The topological polar surface area (TPSA) is 15.3 Å². The quantitative estimate of drug-likeness (QED) is 0.669. The number of unbranched alkanes of at least 4 members (excludes halogenated alkanes) is 4. The third kappa shape index (κ3) is 4.46. The van der Waals surface area contributed by atoms with Crippen LogP contribution in [0.15, 0.2) is 0 Å². The predicted octanol–water partition coefficient (Wildman–Crippen LogP) is 3.95. The second-order valence-corrected chi connectivity index (χ2v) is 6.70. The minimum Gasteiger partial charge on any atom is -0.312 e. The van der Waals surface area contributed by atoms with E-state index < -0.39 is 0 Å². The van der Waals surface area contributed by atoms with Gasteiger partial charge in [0.25, 0.3) is 0 Å². The van der Waals surface area contributed by atoms with Gasteiger partial charge in [0, 0.05) is 18.1 Å². The van der Waals surface area contributed by atoms with Crippen LogP contribution in [0.5, 0.6) is 0 Å². The van der Waals surface area contributed by atoms with Crippen molar-refractivity contribution in [2.24, 2.45) is 0 Å². The van der Waals surface area contributed by atoms with Gasteiger partial charge in [-0.2, -0.15) is 0 Å². The average Bonchev–Trinajstić information content (AvgIpc) is 3.08. The number of rotatable bonds is 8. The summed E-state index contributed by atoms with van der Waals surface area (Å²) in [5.74, 6) is 0. The van der Waals surface area contributed by atoms with Gasteiger partial charge in [-0.15, -0.1) is 0 Å². The Labute approximate surface area is 120 Å². The van der Waals surface area contributed by atoms with Crippen LogP contribution in [-0.4, -0.2) is 36.1 Å². The summed E-state index contributed by atoms with van der Waals surface area (Å²) in [4.78, 5) is 2.82. The molecule has 0 aromatic rings. The lowest BCUT2D eigenvalue weighted by Gasteiger charge is -2.34. The lowest BCUT2D eigenvalue weighted by atomic mass is 10.0. The number of nitrogens with one attached hydrogen (secondary N) is 1. The molecule has 19 heavy (non-hydrogen) atoms. The standard InChI is InChI=1S/C17H34N2/c1-3-4-5-6-7-10-15(2)19-14-9-12-17(19)16-11-8-13-18-16/h15-18H,3-14H2,1-2H3. The van der Waals surface area contributed by atoms with Crippen LogP contribution >= 0.6 is 0 Å². The zero-order chi connectivity index (χ0) is 13.5. The Balaban J connectivity index is 1.69. The van der Waals surface area contributed by atoms with Gasteiger partial charge in [0.15, 0.2) is 0 Å². The summed E-state index contributed by atoms with van der Waals surface area (Å²) in [6.45, 7) is 7.36. The van der Waals surface area contributed by atoms with Gasteiger partial charge in [-0.1, -0.05) is 39.0 Å². The molecule has 0 aromatic heterocycles. The van der Waals surface area contributed by atoms with Gasteiger partial charge in [0.2, 0.25) is 0 Å². The minimum absolute atomic E-state index is 0.796. The Bertz CT molecular complexity index is 235. The van der Waals surface area contributed by atoms with E-state index in [1.54, 1.807) is 0 Å². The molecule has 3 unspecified atom stereocenters. The second-order valence-electron chi connectivity index (χ2n) is 6.70. The molecule has 3 atom stereocenters. The molecule has 2 rings (SSSR count). The molecule has 2 saturated heterocycles. The third-order valence-electron chi connectivity index (χ3n) is 5.20. The average molecular weight is 266 g/mol. The number of hydrogen-bond donors (Lipinski definition) is 1. The van der Waals surface area contributed by atoms with E-state index in [0.29, 0.717) is 0 Å². The number of likely N-dealkylation sites (tertiary alicyclic amines) is 1. The van der Waals surface area contributed by atoms with E-state index in [4.69, 9.17) is 0 Å². The van der Waals surface area contributed by atoms with Crippen molar-refractivity contribution >= 4 is 0 Å². The van der Waals surface area contributed by atoms with Gasteiger partial charge < -0.3 is 5.32 Å². The Hall–Kier alpha value is -0.0800. The minimum atomic E-state index is 0.796. The lowest BCUT2D eigenvalue weighted by Crippen LogP contribution is -2.47. The van der Waals surface area contributed by atoms with Gasteiger partial charge in [0.05, 0.1) is 0 Å². The fraction of sp³-hybridized carbons (Fsp3) is 1.00. The summed E-state index contributed by atoms with van der Waals surface area (Å²) in [5, 5.41) is 3.73. The molecule has 0 saturated carbocycles. The SMILES string of the molecule is CCCCCCCC(C)N1CCCC1C1CCCN1. The zero-order valence-corrected chi connectivity index (χ0v) is 13.2. The maximum absolute atomic E-state index is 3.73. The molecule has 0 aliphatic carbocycles. The van der Waals surface area contributed by atoms with E-state index in [-0.39, 0.29) is 0 Å². The fourth-order valence-corrected chi connectivity index (χ4v) is 4.04. The van der Waals surface area contributed by atoms with Crippen LogP contribution in [0.25, 0.3) is 0 Å². The first-order valence-corrected chi connectivity index (χ1v) is 8.82. The van der Waals surface area contributed by atoms with E-state index in [2.05, 4.69) is 24.1 Å². The van der Waals surface area contributed by atoms with Gasteiger partial charge in [-0.05, 0) is 52.1 Å². The van der Waals surface area contributed by atoms with Gasteiger partial charge in [0.1, 0.15) is 0 Å². The molecule has 0 amide bonds. The Morgan fingerprint density at radius 2 is 1.95 bits per heavy atom. The van der Waals surface area contributed by atoms with E-state index in [9.17, 15) is 0 Å². The first-order chi connectivity index (χ1) is 9.33. The Kier molecular flexibility index (Phi) is 6.66. The first kappa shape index (κ1) is 15.3. The molecule has 2 heterocycles. The molecule has 0 spiro atoms. The summed E-state index contributed by atoms with van der Waals surface area (Å²) >= 11 is 0. The predicted molar refractivity (Wildman–Crippen MR) is 83.6 cm³/mol. The Morgan fingerprint density at radius 1 is 1.11 bits per heavy atom. The molecule has 2 aliphatic rings. The largest absolute Gasteiger partial charge is 0.312 e. The highest BCUT2D eigenvalue weighted by Crippen LogP contribution is 2.28. The van der Waals surface area contributed by atoms with Crippen molar-refractivity contribution < 1.29 is 0 Å². The highest BCUT2D eigenvalue weighted by atomic mass is 15.2. The van der Waals surface area contributed by atoms with Crippen molar-refractivity contribution in [1.29, 1.82) is 0 Å². The summed E-state index contributed by atoms with van der Waals surface area (Å²) in [6, 6.07) is 2.44. The summed E-state index contributed by atoms with van der Waals surface area (Å²) < 4.78 is 0. The Morgan fingerprint density at radius 3 is 2.68 bits per heavy atom. The molecule has 2 nitrogen and oxygen atoms in total. The molecule has 112 valence electrons. The molecule has 1 N–H and O–H groups in total. The van der Waals surface area contributed by atoms with Crippen molar-refractivity contribution in [3.05, 3.63) is 0 Å².